The summed E-state index contributed by atoms with van der Waals surface area (Å²) in [6.07, 6.45) is 3.14. The zero-order chi connectivity index (χ0) is 18.8. The van der Waals surface area contributed by atoms with Gasteiger partial charge in [-0.3, -0.25) is 9.59 Å². The van der Waals surface area contributed by atoms with Crippen LogP contribution in [0.3, 0.4) is 0 Å². The van der Waals surface area contributed by atoms with Crippen molar-refractivity contribution in [1.29, 1.82) is 0 Å². The monoisotopic (exact) mass is 388 g/mol. The molecule has 2 aromatic carbocycles. The number of amides is 2. The largest absolute Gasteiger partial charge is 0.353 e. The van der Waals surface area contributed by atoms with E-state index in [2.05, 4.69) is 10.6 Å². The van der Waals surface area contributed by atoms with Gasteiger partial charge in [0.2, 0.25) is 11.8 Å². The van der Waals surface area contributed by atoms with Gasteiger partial charge in [0.25, 0.3) is 0 Å². The summed E-state index contributed by atoms with van der Waals surface area (Å²) in [6, 6.07) is 16.5. The second kappa shape index (κ2) is 10.7. The molecule has 4 nitrogen and oxygen atoms in total. The molecule has 1 unspecified atom stereocenters. The summed E-state index contributed by atoms with van der Waals surface area (Å²) >= 11 is 7.47. The standard InChI is InChI=1S/C20H21ClN2O2S/c1-15(23-19(24)12-7-16-5-3-2-4-6-16)20(25)22-13-14-26-18-10-8-17(21)9-11-18/h2-12,15H,13-14H2,1H3,(H,22,25)(H,23,24). The lowest BCUT2D eigenvalue weighted by Gasteiger charge is -2.12. The van der Waals surface area contributed by atoms with E-state index in [-0.39, 0.29) is 11.8 Å². The number of nitrogens with one attached hydrogen (secondary N) is 2. The zero-order valence-electron chi connectivity index (χ0n) is 14.4. The minimum absolute atomic E-state index is 0.205. The summed E-state index contributed by atoms with van der Waals surface area (Å²) in [5, 5.41) is 6.18. The van der Waals surface area contributed by atoms with Gasteiger partial charge in [-0.25, -0.2) is 0 Å². The van der Waals surface area contributed by atoms with Crippen molar-refractivity contribution in [1.82, 2.24) is 10.6 Å². The van der Waals surface area contributed by atoms with Crippen LogP contribution in [-0.2, 0) is 9.59 Å². The summed E-state index contributed by atoms with van der Waals surface area (Å²) in [5.74, 6) is 0.234. The Balaban J connectivity index is 1.67. The van der Waals surface area contributed by atoms with Crippen LogP contribution in [0.15, 0.2) is 65.6 Å². The molecule has 0 aliphatic heterocycles. The first-order valence-corrected chi connectivity index (χ1v) is 9.60. The van der Waals surface area contributed by atoms with E-state index in [1.807, 2.05) is 54.6 Å². The zero-order valence-corrected chi connectivity index (χ0v) is 16.0. The van der Waals surface area contributed by atoms with Crippen LogP contribution < -0.4 is 10.6 Å². The number of rotatable bonds is 8. The first-order chi connectivity index (χ1) is 12.5. The fraction of sp³-hybridized carbons (Fsp3) is 0.200. The molecule has 2 N–H and O–H groups in total. The third-order valence-electron chi connectivity index (χ3n) is 3.46. The van der Waals surface area contributed by atoms with Gasteiger partial charge in [0, 0.05) is 28.3 Å². The first kappa shape index (κ1) is 20.1. The van der Waals surface area contributed by atoms with Gasteiger partial charge >= 0.3 is 0 Å². The van der Waals surface area contributed by atoms with Gasteiger partial charge < -0.3 is 10.6 Å². The number of hydrogen-bond acceptors (Lipinski definition) is 3. The SMILES string of the molecule is CC(NC(=O)C=Cc1ccccc1)C(=O)NCCSc1ccc(Cl)cc1. The second-order valence-electron chi connectivity index (χ2n) is 5.57. The molecule has 0 fully saturated rings. The molecule has 26 heavy (non-hydrogen) atoms. The highest BCUT2D eigenvalue weighted by molar-refractivity contribution is 7.99. The van der Waals surface area contributed by atoms with Crippen LogP contribution in [0, 0.1) is 0 Å². The normalized spacial score (nSPS) is 11.9. The Labute approximate surface area is 163 Å². The maximum Gasteiger partial charge on any atom is 0.244 e. The molecule has 0 saturated heterocycles. The molecule has 0 spiro atoms. The summed E-state index contributed by atoms with van der Waals surface area (Å²) in [5.41, 5.74) is 0.930. The summed E-state index contributed by atoms with van der Waals surface area (Å²) in [4.78, 5) is 25.0. The smallest absolute Gasteiger partial charge is 0.244 e. The van der Waals surface area contributed by atoms with E-state index in [1.54, 1.807) is 24.8 Å². The quantitative estimate of drug-likeness (QED) is 0.411. The third kappa shape index (κ3) is 7.33. The molecular formula is C20H21ClN2O2S. The second-order valence-corrected chi connectivity index (χ2v) is 7.17. The van der Waals surface area contributed by atoms with Crippen LogP contribution in [0.25, 0.3) is 6.08 Å². The van der Waals surface area contributed by atoms with Crippen molar-refractivity contribution in [3.63, 3.8) is 0 Å². The Morgan fingerprint density at radius 2 is 1.81 bits per heavy atom. The van der Waals surface area contributed by atoms with E-state index < -0.39 is 6.04 Å². The average Bonchev–Trinajstić information content (AvgIpc) is 2.65. The Morgan fingerprint density at radius 3 is 2.50 bits per heavy atom. The lowest BCUT2D eigenvalue weighted by Crippen LogP contribution is -2.44. The van der Waals surface area contributed by atoms with Crippen molar-refractivity contribution in [2.24, 2.45) is 0 Å². The maximum absolute atomic E-state index is 12.0. The lowest BCUT2D eigenvalue weighted by molar-refractivity contribution is -0.126. The van der Waals surface area contributed by atoms with E-state index in [9.17, 15) is 9.59 Å². The van der Waals surface area contributed by atoms with Gasteiger partial charge in [-0.05, 0) is 42.8 Å². The molecule has 0 aromatic heterocycles. The molecule has 136 valence electrons. The number of thioether (sulfide) groups is 1. The number of hydrogen-bond donors (Lipinski definition) is 2. The molecule has 1 atom stereocenters. The number of carbonyl (C=O) groups is 2. The minimum Gasteiger partial charge on any atom is -0.353 e. The molecule has 0 heterocycles. The highest BCUT2D eigenvalue weighted by Crippen LogP contribution is 2.19. The first-order valence-electron chi connectivity index (χ1n) is 8.24. The Morgan fingerprint density at radius 1 is 1.12 bits per heavy atom. The minimum atomic E-state index is -0.594. The molecule has 0 aliphatic carbocycles. The predicted octanol–water partition coefficient (Wildman–Crippen LogP) is 3.77. The van der Waals surface area contributed by atoms with Crippen LogP contribution in [0.4, 0.5) is 0 Å². The van der Waals surface area contributed by atoms with Crippen molar-refractivity contribution in [3.05, 3.63) is 71.3 Å². The molecule has 0 aliphatic rings. The van der Waals surface area contributed by atoms with Gasteiger partial charge in [0.1, 0.15) is 6.04 Å². The molecule has 2 aromatic rings. The fourth-order valence-electron chi connectivity index (χ4n) is 2.09. The van der Waals surface area contributed by atoms with Crippen molar-refractivity contribution >= 4 is 41.3 Å². The third-order valence-corrected chi connectivity index (χ3v) is 4.73. The van der Waals surface area contributed by atoms with Crippen molar-refractivity contribution < 1.29 is 9.59 Å². The lowest BCUT2D eigenvalue weighted by atomic mass is 10.2. The van der Waals surface area contributed by atoms with Gasteiger partial charge in [-0.2, -0.15) is 0 Å². The topological polar surface area (TPSA) is 58.2 Å². The Bertz CT molecular complexity index is 748. The van der Waals surface area contributed by atoms with Crippen LogP contribution in [0.1, 0.15) is 12.5 Å². The Kier molecular flexibility index (Phi) is 8.25. The van der Waals surface area contributed by atoms with Crippen LogP contribution in [0.5, 0.6) is 0 Å². The van der Waals surface area contributed by atoms with Gasteiger partial charge in [0.05, 0.1) is 0 Å². The highest BCUT2D eigenvalue weighted by Gasteiger charge is 2.13. The van der Waals surface area contributed by atoms with Crippen LogP contribution >= 0.6 is 23.4 Å². The summed E-state index contributed by atoms with van der Waals surface area (Å²) in [7, 11) is 0. The number of carbonyl (C=O) groups excluding carboxylic acids is 2. The maximum atomic E-state index is 12.0. The number of benzene rings is 2. The molecule has 0 bridgehead atoms. The van der Waals surface area contributed by atoms with E-state index in [0.717, 1.165) is 16.2 Å². The van der Waals surface area contributed by atoms with Crippen LogP contribution in [-0.4, -0.2) is 30.2 Å². The van der Waals surface area contributed by atoms with Gasteiger partial charge in [-0.1, -0.05) is 41.9 Å². The summed E-state index contributed by atoms with van der Waals surface area (Å²) < 4.78 is 0. The highest BCUT2D eigenvalue weighted by atomic mass is 35.5. The molecule has 0 radical (unpaired) electrons. The van der Waals surface area contributed by atoms with E-state index in [4.69, 9.17) is 11.6 Å². The van der Waals surface area contributed by atoms with Gasteiger partial charge in [0.15, 0.2) is 0 Å². The van der Waals surface area contributed by atoms with E-state index in [1.165, 1.54) is 6.08 Å². The van der Waals surface area contributed by atoms with E-state index >= 15 is 0 Å². The predicted molar refractivity (Wildman–Crippen MR) is 108 cm³/mol. The molecule has 6 heteroatoms. The van der Waals surface area contributed by atoms with Crippen molar-refractivity contribution in [3.8, 4) is 0 Å². The molecular weight excluding hydrogens is 368 g/mol. The van der Waals surface area contributed by atoms with Crippen LogP contribution in [0.2, 0.25) is 5.02 Å². The van der Waals surface area contributed by atoms with Crippen molar-refractivity contribution in [2.45, 2.75) is 17.9 Å². The van der Waals surface area contributed by atoms with Crippen molar-refractivity contribution in [2.75, 3.05) is 12.3 Å². The molecule has 2 amide bonds. The summed E-state index contributed by atoms with van der Waals surface area (Å²) in [6.45, 7) is 2.18. The average molecular weight is 389 g/mol. The fourth-order valence-corrected chi connectivity index (χ4v) is 2.98. The van der Waals surface area contributed by atoms with E-state index in [0.29, 0.717) is 11.6 Å². The number of halogens is 1. The molecule has 0 saturated carbocycles. The Hall–Kier alpha value is -2.24. The van der Waals surface area contributed by atoms with Gasteiger partial charge in [-0.15, -0.1) is 11.8 Å². The molecule has 2 rings (SSSR count).